The first-order valence-electron chi connectivity index (χ1n) is 5.87. The maximum absolute atomic E-state index is 13.3. The summed E-state index contributed by atoms with van der Waals surface area (Å²) in [6.07, 6.45) is 1.19. The minimum atomic E-state index is -0.489. The van der Waals surface area contributed by atoms with E-state index >= 15 is 0 Å². The summed E-state index contributed by atoms with van der Waals surface area (Å²) in [5, 5.41) is 9.21. The summed E-state index contributed by atoms with van der Waals surface area (Å²) in [6.45, 7) is 3.53. The molecule has 96 valence electrons. The second-order valence-electron chi connectivity index (χ2n) is 4.20. The zero-order chi connectivity index (χ0) is 12.8. The molecule has 0 heterocycles. The molecule has 1 aromatic carbocycles. The number of hydrogen-bond donors (Lipinski definition) is 2. The second kappa shape index (κ2) is 6.57. The van der Waals surface area contributed by atoms with Crippen molar-refractivity contribution in [2.24, 2.45) is 5.73 Å². The summed E-state index contributed by atoms with van der Waals surface area (Å²) in [5.74, 6) is 0.0851. The van der Waals surface area contributed by atoms with Crippen LogP contribution in [0.1, 0.15) is 25.3 Å². The fourth-order valence-corrected chi connectivity index (χ4v) is 1.60. The molecule has 3 N–H and O–H groups in total. The van der Waals surface area contributed by atoms with Crippen LogP contribution in [0, 0.1) is 12.7 Å². The summed E-state index contributed by atoms with van der Waals surface area (Å²) in [7, 11) is 0. The van der Waals surface area contributed by atoms with E-state index < -0.39 is 6.10 Å². The smallest absolute Gasteiger partial charge is 0.137 e. The van der Waals surface area contributed by atoms with Crippen LogP contribution in [-0.2, 0) is 0 Å². The average molecular weight is 241 g/mol. The van der Waals surface area contributed by atoms with Crippen molar-refractivity contribution in [1.29, 1.82) is 0 Å². The number of rotatable bonds is 6. The lowest BCUT2D eigenvalue weighted by atomic mass is 10.1. The fourth-order valence-electron chi connectivity index (χ4n) is 1.60. The van der Waals surface area contributed by atoms with Gasteiger partial charge in [-0.15, -0.1) is 0 Å². The van der Waals surface area contributed by atoms with E-state index in [0.29, 0.717) is 11.3 Å². The molecule has 0 saturated carbocycles. The zero-order valence-electron chi connectivity index (χ0n) is 10.3. The first-order valence-corrected chi connectivity index (χ1v) is 5.87. The largest absolute Gasteiger partial charge is 0.486 e. The molecule has 2 unspecified atom stereocenters. The van der Waals surface area contributed by atoms with Crippen molar-refractivity contribution < 1.29 is 14.2 Å². The summed E-state index contributed by atoms with van der Waals surface area (Å²) in [4.78, 5) is 0. The number of hydrogen-bond acceptors (Lipinski definition) is 3. The Morgan fingerprint density at radius 3 is 2.71 bits per heavy atom. The lowest BCUT2D eigenvalue weighted by Gasteiger charge is -2.23. The molecule has 0 amide bonds. The van der Waals surface area contributed by atoms with E-state index in [0.717, 1.165) is 12.8 Å². The van der Waals surface area contributed by atoms with Gasteiger partial charge in [-0.2, -0.15) is 0 Å². The van der Waals surface area contributed by atoms with Crippen molar-refractivity contribution >= 4 is 0 Å². The number of aliphatic hydroxyl groups excluding tert-OH is 1. The quantitative estimate of drug-likeness (QED) is 0.801. The number of aliphatic hydroxyl groups is 1. The Hall–Kier alpha value is -1.13. The molecule has 0 bridgehead atoms. The topological polar surface area (TPSA) is 55.5 Å². The number of ether oxygens (including phenoxy) is 1. The maximum Gasteiger partial charge on any atom is 0.137 e. The Balaban J connectivity index is 2.70. The van der Waals surface area contributed by atoms with Gasteiger partial charge in [-0.3, -0.25) is 0 Å². The molecule has 3 nitrogen and oxygen atoms in total. The van der Waals surface area contributed by atoms with E-state index in [2.05, 4.69) is 0 Å². The molecule has 0 aromatic heterocycles. The maximum atomic E-state index is 13.3. The minimum absolute atomic E-state index is 0.170. The van der Waals surface area contributed by atoms with Gasteiger partial charge in [0.1, 0.15) is 17.7 Å². The van der Waals surface area contributed by atoms with Crippen LogP contribution in [0.3, 0.4) is 0 Å². The third-order valence-electron chi connectivity index (χ3n) is 2.71. The molecule has 1 rings (SSSR count). The number of benzene rings is 1. The van der Waals surface area contributed by atoms with E-state index in [1.165, 1.54) is 6.07 Å². The first-order chi connectivity index (χ1) is 8.08. The number of nitrogens with two attached hydrogens (primary N) is 1. The number of aryl methyl sites for hydroxylation is 1. The molecule has 0 saturated heterocycles. The van der Waals surface area contributed by atoms with Gasteiger partial charge >= 0.3 is 0 Å². The fraction of sp³-hybridized carbons (Fsp3) is 0.538. The Bertz CT molecular complexity index is 357. The highest BCUT2D eigenvalue weighted by Crippen LogP contribution is 2.18. The van der Waals surface area contributed by atoms with Crippen LogP contribution in [-0.4, -0.2) is 23.9 Å². The molecule has 0 spiro atoms. The molecule has 0 radical (unpaired) electrons. The van der Waals surface area contributed by atoms with Gasteiger partial charge in [0, 0.05) is 12.1 Å². The van der Waals surface area contributed by atoms with Gasteiger partial charge in [0.15, 0.2) is 0 Å². The Labute approximate surface area is 101 Å². The lowest BCUT2D eigenvalue weighted by molar-refractivity contribution is 0.0913. The normalized spacial score (nSPS) is 14.4. The molecule has 17 heavy (non-hydrogen) atoms. The van der Waals surface area contributed by atoms with Crippen LogP contribution in [0.25, 0.3) is 0 Å². The zero-order valence-corrected chi connectivity index (χ0v) is 10.3. The van der Waals surface area contributed by atoms with Crippen molar-refractivity contribution in [2.75, 3.05) is 6.61 Å². The SMILES string of the molecule is CCCC(N)C(CO)Oc1ccc(C)c(F)c1. The van der Waals surface area contributed by atoms with E-state index in [9.17, 15) is 9.50 Å². The molecular weight excluding hydrogens is 221 g/mol. The average Bonchev–Trinajstić information content (AvgIpc) is 2.30. The molecular formula is C13H20FNO2. The summed E-state index contributed by atoms with van der Waals surface area (Å²) >= 11 is 0. The number of halogens is 1. The van der Waals surface area contributed by atoms with Crippen molar-refractivity contribution in [3.8, 4) is 5.75 Å². The lowest BCUT2D eigenvalue weighted by Crippen LogP contribution is -2.41. The van der Waals surface area contributed by atoms with Gasteiger partial charge in [0.05, 0.1) is 6.61 Å². The van der Waals surface area contributed by atoms with Crippen molar-refractivity contribution in [2.45, 2.75) is 38.8 Å². The van der Waals surface area contributed by atoms with E-state index in [4.69, 9.17) is 10.5 Å². The Morgan fingerprint density at radius 2 is 2.18 bits per heavy atom. The van der Waals surface area contributed by atoms with E-state index in [1.54, 1.807) is 19.1 Å². The van der Waals surface area contributed by atoms with Crippen molar-refractivity contribution in [3.05, 3.63) is 29.6 Å². The summed E-state index contributed by atoms with van der Waals surface area (Å²) in [5.41, 5.74) is 6.44. The summed E-state index contributed by atoms with van der Waals surface area (Å²) in [6, 6.07) is 4.40. The van der Waals surface area contributed by atoms with Crippen LogP contribution < -0.4 is 10.5 Å². The van der Waals surface area contributed by atoms with Gasteiger partial charge in [-0.1, -0.05) is 19.4 Å². The van der Waals surface area contributed by atoms with Gasteiger partial charge < -0.3 is 15.6 Å². The monoisotopic (exact) mass is 241 g/mol. The highest BCUT2D eigenvalue weighted by atomic mass is 19.1. The van der Waals surface area contributed by atoms with Crippen molar-refractivity contribution in [3.63, 3.8) is 0 Å². The van der Waals surface area contributed by atoms with Crippen LogP contribution in [0.4, 0.5) is 4.39 Å². The molecule has 2 atom stereocenters. The third kappa shape index (κ3) is 3.98. The molecule has 0 aliphatic heterocycles. The third-order valence-corrected chi connectivity index (χ3v) is 2.71. The molecule has 1 aromatic rings. The van der Waals surface area contributed by atoms with Gasteiger partial charge in [-0.25, -0.2) is 4.39 Å². The predicted octanol–water partition coefficient (Wildman–Crippen LogP) is 2.00. The molecule has 0 aliphatic rings. The van der Waals surface area contributed by atoms with Gasteiger partial charge in [-0.05, 0) is 25.0 Å². The predicted molar refractivity (Wildman–Crippen MR) is 65.5 cm³/mol. The van der Waals surface area contributed by atoms with Crippen LogP contribution in [0.5, 0.6) is 5.75 Å². The van der Waals surface area contributed by atoms with Gasteiger partial charge in [0.2, 0.25) is 0 Å². The van der Waals surface area contributed by atoms with Gasteiger partial charge in [0.25, 0.3) is 0 Å². The van der Waals surface area contributed by atoms with E-state index in [-0.39, 0.29) is 18.5 Å². The minimum Gasteiger partial charge on any atom is -0.486 e. The highest BCUT2D eigenvalue weighted by Gasteiger charge is 2.18. The highest BCUT2D eigenvalue weighted by molar-refractivity contribution is 5.28. The second-order valence-corrected chi connectivity index (χ2v) is 4.20. The van der Waals surface area contributed by atoms with Crippen molar-refractivity contribution in [1.82, 2.24) is 0 Å². The van der Waals surface area contributed by atoms with Crippen LogP contribution >= 0.6 is 0 Å². The summed E-state index contributed by atoms with van der Waals surface area (Å²) < 4.78 is 18.8. The standard InChI is InChI=1S/C13H20FNO2/c1-3-4-12(15)13(8-16)17-10-6-5-9(2)11(14)7-10/h5-7,12-13,16H,3-4,8,15H2,1-2H3. The Kier molecular flexibility index (Phi) is 5.38. The van der Waals surface area contributed by atoms with E-state index in [1.807, 2.05) is 6.92 Å². The molecule has 0 fully saturated rings. The molecule has 0 aliphatic carbocycles. The Morgan fingerprint density at radius 1 is 1.47 bits per heavy atom. The van der Waals surface area contributed by atoms with Crippen LogP contribution in [0.2, 0.25) is 0 Å². The first kappa shape index (κ1) is 13.9. The molecule has 4 heteroatoms. The van der Waals surface area contributed by atoms with Crippen LogP contribution in [0.15, 0.2) is 18.2 Å².